The van der Waals surface area contributed by atoms with Crippen LogP contribution in [-0.4, -0.2) is 25.9 Å². The first-order valence-corrected chi connectivity index (χ1v) is 6.51. The normalized spacial score (nSPS) is 11.5. The Hall–Kier alpha value is -0.360. The molecule has 0 fully saturated rings. The van der Waals surface area contributed by atoms with Crippen LogP contribution in [0, 0.1) is 0 Å². The lowest BCUT2D eigenvalue weighted by molar-refractivity contribution is 0.112. The molecule has 0 saturated carbocycles. The lowest BCUT2D eigenvalue weighted by Crippen LogP contribution is -2.04. The lowest BCUT2D eigenvalue weighted by atomic mass is 10.3. The minimum atomic E-state index is -3.66. The van der Waals surface area contributed by atoms with Gasteiger partial charge in [-0.1, -0.05) is 34.8 Å². The maximum absolute atomic E-state index is 11.3. The summed E-state index contributed by atoms with van der Waals surface area (Å²) in [7, 11) is -3.66. The summed E-state index contributed by atoms with van der Waals surface area (Å²) in [4.78, 5) is 13.7. The second-order valence-corrected chi connectivity index (χ2v) is 5.69. The zero-order chi connectivity index (χ0) is 11.8. The summed E-state index contributed by atoms with van der Waals surface area (Å²) >= 11 is 16.8. The van der Waals surface area contributed by atoms with Crippen molar-refractivity contribution in [1.82, 2.24) is 4.98 Å². The molecule has 0 aliphatic heterocycles. The van der Waals surface area contributed by atoms with Crippen LogP contribution in [0.3, 0.4) is 0 Å². The molecule has 0 atom stereocenters. The second kappa shape index (κ2) is 4.25. The van der Waals surface area contributed by atoms with E-state index in [1.165, 1.54) is 0 Å². The fraction of sp³-hybridized carbons (Fsp3) is 0.143. The average molecular weight is 289 g/mol. The number of nitrogens with zero attached hydrogens (tertiary/aromatic N) is 1. The molecule has 0 saturated heterocycles. The summed E-state index contributed by atoms with van der Waals surface area (Å²) in [5, 5.41) is -0.886. The highest BCUT2D eigenvalue weighted by atomic mass is 35.5. The molecule has 0 bridgehead atoms. The van der Waals surface area contributed by atoms with Crippen molar-refractivity contribution in [2.75, 3.05) is 6.26 Å². The van der Waals surface area contributed by atoms with Gasteiger partial charge in [-0.25, -0.2) is 13.4 Å². The highest BCUT2D eigenvalue weighted by Gasteiger charge is 2.23. The minimum absolute atomic E-state index is 0.192. The lowest BCUT2D eigenvalue weighted by Gasteiger charge is -2.06. The number of halogens is 3. The molecule has 8 heteroatoms. The minimum Gasteiger partial charge on any atom is -0.298 e. The third-order valence-electron chi connectivity index (χ3n) is 1.53. The van der Waals surface area contributed by atoms with E-state index < -0.39 is 14.7 Å². The number of carbonyl (C=O) groups is 1. The van der Waals surface area contributed by atoms with Gasteiger partial charge in [0.15, 0.2) is 21.3 Å². The topological polar surface area (TPSA) is 64.1 Å². The van der Waals surface area contributed by atoms with Gasteiger partial charge in [0.2, 0.25) is 0 Å². The van der Waals surface area contributed by atoms with Crippen LogP contribution in [-0.2, 0) is 9.84 Å². The number of carbonyl (C=O) groups excluding carboxylic acids is 1. The Bertz CT molecular complexity index is 527. The van der Waals surface area contributed by atoms with E-state index in [4.69, 9.17) is 34.8 Å². The van der Waals surface area contributed by atoms with E-state index in [9.17, 15) is 13.2 Å². The molecule has 0 aromatic carbocycles. The summed E-state index contributed by atoms with van der Waals surface area (Å²) < 4.78 is 22.6. The van der Waals surface area contributed by atoms with E-state index in [0.29, 0.717) is 6.29 Å². The molecule has 1 aromatic rings. The van der Waals surface area contributed by atoms with E-state index in [2.05, 4.69) is 4.98 Å². The Morgan fingerprint density at radius 1 is 1.20 bits per heavy atom. The van der Waals surface area contributed by atoms with Crippen LogP contribution >= 0.6 is 34.8 Å². The number of aldehydes is 1. The fourth-order valence-corrected chi connectivity index (χ4v) is 3.31. The van der Waals surface area contributed by atoms with Crippen LogP contribution in [0.5, 0.6) is 0 Å². The van der Waals surface area contributed by atoms with Crippen molar-refractivity contribution in [3.63, 3.8) is 0 Å². The van der Waals surface area contributed by atoms with Crippen molar-refractivity contribution >= 4 is 50.9 Å². The van der Waals surface area contributed by atoms with Crippen molar-refractivity contribution in [2.24, 2.45) is 0 Å². The Kier molecular flexibility index (Phi) is 3.60. The van der Waals surface area contributed by atoms with Gasteiger partial charge in [0.1, 0.15) is 10.0 Å². The fourth-order valence-electron chi connectivity index (χ4n) is 0.917. The summed E-state index contributed by atoms with van der Waals surface area (Å²) in [5.41, 5.74) is -0.192. The van der Waals surface area contributed by atoms with Crippen LogP contribution in [0.1, 0.15) is 10.4 Å². The molecule has 0 aliphatic rings. The van der Waals surface area contributed by atoms with E-state index in [1.54, 1.807) is 0 Å². The molecule has 1 rings (SSSR count). The van der Waals surface area contributed by atoms with Gasteiger partial charge in [0.25, 0.3) is 0 Å². The summed E-state index contributed by atoms with van der Waals surface area (Å²) in [5.74, 6) is 0. The monoisotopic (exact) mass is 287 g/mol. The zero-order valence-corrected chi connectivity index (χ0v) is 10.4. The highest BCUT2D eigenvalue weighted by Crippen LogP contribution is 2.33. The van der Waals surface area contributed by atoms with E-state index in [1.807, 2.05) is 0 Å². The molecule has 4 nitrogen and oxygen atoms in total. The Balaban J connectivity index is 3.76. The highest BCUT2D eigenvalue weighted by molar-refractivity contribution is 7.91. The predicted molar refractivity (Wildman–Crippen MR) is 57.8 cm³/mol. The van der Waals surface area contributed by atoms with Crippen molar-refractivity contribution < 1.29 is 13.2 Å². The van der Waals surface area contributed by atoms with Gasteiger partial charge >= 0.3 is 0 Å². The van der Waals surface area contributed by atoms with Crippen molar-refractivity contribution in [3.05, 3.63) is 20.9 Å². The third-order valence-corrected chi connectivity index (χ3v) is 3.85. The molecule has 1 heterocycles. The van der Waals surface area contributed by atoms with Crippen LogP contribution in [0.25, 0.3) is 0 Å². The molecule has 1 aromatic heterocycles. The number of hydrogen-bond donors (Lipinski definition) is 0. The van der Waals surface area contributed by atoms with Crippen LogP contribution in [0.2, 0.25) is 15.3 Å². The Morgan fingerprint density at radius 2 is 1.73 bits per heavy atom. The molecule has 82 valence electrons. The molecule has 0 N–H and O–H groups in total. The van der Waals surface area contributed by atoms with Crippen molar-refractivity contribution in [2.45, 2.75) is 4.90 Å². The van der Waals surface area contributed by atoms with E-state index in [0.717, 1.165) is 6.26 Å². The van der Waals surface area contributed by atoms with Crippen molar-refractivity contribution in [3.8, 4) is 0 Å². The smallest absolute Gasteiger partial charge is 0.180 e. The maximum atomic E-state index is 11.3. The van der Waals surface area contributed by atoms with Crippen LogP contribution in [0.4, 0.5) is 0 Å². The second-order valence-electron chi connectivity index (χ2n) is 2.64. The first-order chi connectivity index (χ1) is 6.79. The first kappa shape index (κ1) is 12.7. The molecular formula is C7H4Cl3NO3S. The number of sulfone groups is 1. The summed E-state index contributed by atoms with van der Waals surface area (Å²) in [6, 6.07) is 0. The van der Waals surface area contributed by atoms with Gasteiger partial charge in [-0.05, 0) is 0 Å². The summed E-state index contributed by atoms with van der Waals surface area (Å²) in [6.07, 6.45) is 1.23. The molecule has 0 amide bonds. The van der Waals surface area contributed by atoms with Gasteiger partial charge in [-0.15, -0.1) is 0 Å². The largest absolute Gasteiger partial charge is 0.298 e. The number of aromatic nitrogens is 1. The van der Waals surface area contributed by atoms with Crippen LogP contribution < -0.4 is 0 Å². The quantitative estimate of drug-likeness (QED) is 0.618. The number of pyridine rings is 1. The molecular weight excluding hydrogens is 285 g/mol. The molecule has 0 unspecified atom stereocenters. The zero-order valence-electron chi connectivity index (χ0n) is 7.29. The van der Waals surface area contributed by atoms with Gasteiger partial charge in [0.05, 0.1) is 10.6 Å². The van der Waals surface area contributed by atoms with E-state index >= 15 is 0 Å². The molecule has 0 aliphatic carbocycles. The first-order valence-electron chi connectivity index (χ1n) is 3.48. The average Bonchev–Trinajstić information content (AvgIpc) is 2.00. The Labute approximate surface area is 101 Å². The molecule has 0 radical (unpaired) electrons. The number of hydrogen-bond acceptors (Lipinski definition) is 4. The maximum Gasteiger partial charge on any atom is 0.180 e. The predicted octanol–water partition coefficient (Wildman–Crippen LogP) is 2.26. The van der Waals surface area contributed by atoms with Crippen LogP contribution in [0.15, 0.2) is 4.90 Å². The summed E-state index contributed by atoms with van der Waals surface area (Å²) in [6.45, 7) is 0. The van der Waals surface area contributed by atoms with Gasteiger partial charge in [-0.2, -0.15) is 0 Å². The standard InChI is InChI=1S/C7H4Cl3NO3S/c1-15(13,14)5-4(8)3(2-12)6(9)11-7(5)10/h2H,1H3. The Morgan fingerprint density at radius 3 is 2.13 bits per heavy atom. The molecule has 0 spiro atoms. The third kappa shape index (κ3) is 2.42. The molecule has 15 heavy (non-hydrogen) atoms. The SMILES string of the molecule is CS(=O)(=O)c1c(Cl)nc(Cl)c(C=O)c1Cl. The van der Waals surface area contributed by atoms with Gasteiger partial charge < -0.3 is 0 Å². The van der Waals surface area contributed by atoms with E-state index in [-0.39, 0.29) is 20.9 Å². The number of rotatable bonds is 2. The van der Waals surface area contributed by atoms with Crippen molar-refractivity contribution in [1.29, 1.82) is 0 Å². The van der Waals surface area contributed by atoms with Gasteiger partial charge in [-0.3, -0.25) is 4.79 Å². The van der Waals surface area contributed by atoms with Gasteiger partial charge in [0, 0.05) is 6.26 Å².